The summed E-state index contributed by atoms with van der Waals surface area (Å²) >= 11 is 0. The van der Waals surface area contributed by atoms with Gasteiger partial charge in [0.2, 0.25) is 0 Å². The van der Waals surface area contributed by atoms with Crippen LogP contribution in [0, 0.1) is 5.92 Å². The van der Waals surface area contributed by atoms with Crippen molar-refractivity contribution < 1.29 is 0 Å². The molecule has 0 saturated carbocycles. The molecule has 2 aliphatic heterocycles. The van der Waals surface area contributed by atoms with E-state index in [0.29, 0.717) is 6.54 Å². The van der Waals surface area contributed by atoms with Gasteiger partial charge in [0.15, 0.2) is 0 Å². The average molecular weight is 274 g/mol. The van der Waals surface area contributed by atoms with Crippen LogP contribution in [0.5, 0.6) is 0 Å². The predicted molar refractivity (Wildman–Crippen MR) is 82.7 cm³/mol. The Kier molecular flexibility index (Phi) is 4.53. The fraction of sp³-hybridized carbons (Fsp3) is 0.688. The number of pyridine rings is 1. The van der Waals surface area contributed by atoms with E-state index >= 15 is 0 Å². The third-order valence-electron chi connectivity index (χ3n) is 4.73. The first-order valence-electron chi connectivity index (χ1n) is 7.98. The Morgan fingerprint density at radius 3 is 2.60 bits per heavy atom. The van der Waals surface area contributed by atoms with Gasteiger partial charge in [-0.05, 0) is 56.8 Å². The Morgan fingerprint density at radius 1 is 1.15 bits per heavy atom. The molecule has 2 N–H and O–H groups in total. The van der Waals surface area contributed by atoms with Gasteiger partial charge in [-0.25, -0.2) is 0 Å². The Morgan fingerprint density at radius 2 is 1.90 bits per heavy atom. The maximum atomic E-state index is 5.80. The van der Waals surface area contributed by atoms with Crippen LogP contribution in [-0.2, 0) is 6.54 Å². The van der Waals surface area contributed by atoms with Gasteiger partial charge in [0.25, 0.3) is 0 Å². The highest BCUT2D eigenvalue weighted by atomic mass is 15.2. The first kappa shape index (κ1) is 13.8. The molecule has 4 nitrogen and oxygen atoms in total. The minimum Gasteiger partial charge on any atom is -0.370 e. The van der Waals surface area contributed by atoms with Crippen molar-refractivity contribution in [2.45, 2.75) is 32.2 Å². The summed E-state index contributed by atoms with van der Waals surface area (Å²) in [6.07, 6.45) is 7.24. The summed E-state index contributed by atoms with van der Waals surface area (Å²) in [4.78, 5) is 9.52. The van der Waals surface area contributed by atoms with Crippen molar-refractivity contribution in [2.75, 3.05) is 37.6 Å². The van der Waals surface area contributed by atoms with Gasteiger partial charge in [-0.3, -0.25) is 4.98 Å². The lowest BCUT2D eigenvalue weighted by atomic mass is 9.95. The number of hydrogen-bond acceptors (Lipinski definition) is 4. The predicted octanol–water partition coefficient (Wildman–Crippen LogP) is 1.85. The molecule has 0 spiro atoms. The summed E-state index contributed by atoms with van der Waals surface area (Å²) in [6.45, 7) is 6.78. The number of nitrogens with two attached hydrogens (primary N) is 1. The number of nitrogens with zero attached hydrogens (tertiary/aromatic N) is 3. The molecule has 0 amide bonds. The van der Waals surface area contributed by atoms with Gasteiger partial charge in [0.05, 0.1) is 11.4 Å². The summed E-state index contributed by atoms with van der Waals surface area (Å²) in [6, 6.07) is 4.18. The lowest BCUT2D eigenvalue weighted by molar-refractivity contribution is 0.249. The van der Waals surface area contributed by atoms with Gasteiger partial charge < -0.3 is 15.5 Å². The summed E-state index contributed by atoms with van der Waals surface area (Å²) in [5.74, 6) is 0.877. The average Bonchev–Trinajstić information content (AvgIpc) is 3.01. The molecule has 1 aromatic heterocycles. The second-order valence-corrected chi connectivity index (χ2v) is 6.11. The highest BCUT2D eigenvalue weighted by molar-refractivity contribution is 5.50. The van der Waals surface area contributed by atoms with Crippen LogP contribution in [0.3, 0.4) is 0 Å². The Labute approximate surface area is 122 Å². The van der Waals surface area contributed by atoms with E-state index in [2.05, 4.69) is 20.9 Å². The maximum absolute atomic E-state index is 5.80. The van der Waals surface area contributed by atoms with E-state index in [0.717, 1.165) is 24.7 Å². The highest BCUT2D eigenvalue weighted by Crippen LogP contribution is 2.26. The molecule has 0 unspecified atom stereocenters. The van der Waals surface area contributed by atoms with Crippen LogP contribution < -0.4 is 10.6 Å². The van der Waals surface area contributed by atoms with E-state index < -0.39 is 0 Å². The van der Waals surface area contributed by atoms with Crippen molar-refractivity contribution >= 4 is 5.69 Å². The summed E-state index contributed by atoms with van der Waals surface area (Å²) < 4.78 is 0. The molecule has 0 atom stereocenters. The van der Waals surface area contributed by atoms with Crippen LogP contribution >= 0.6 is 0 Å². The number of likely N-dealkylation sites (tertiary alicyclic amines) is 1. The van der Waals surface area contributed by atoms with Gasteiger partial charge in [-0.2, -0.15) is 0 Å². The van der Waals surface area contributed by atoms with E-state index in [9.17, 15) is 0 Å². The Balaban J connectivity index is 1.55. The van der Waals surface area contributed by atoms with Crippen molar-refractivity contribution in [2.24, 2.45) is 11.7 Å². The lowest BCUT2D eigenvalue weighted by Crippen LogP contribution is -2.38. The third kappa shape index (κ3) is 3.13. The van der Waals surface area contributed by atoms with Crippen molar-refractivity contribution in [3.63, 3.8) is 0 Å². The SMILES string of the molecule is NCc1ncccc1N1CCC(CN2CCCC2)CC1. The lowest BCUT2D eigenvalue weighted by Gasteiger charge is -2.35. The van der Waals surface area contributed by atoms with Gasteiger partial charge in [-0.1, -0.05) is 0 Å². The van der Waals surface area contributed by atoms with Crippen LogP contribution in [0.15, 0.2) is 18.3 Å². The fourth-order valence-electron chi connectivity index (χ4n) is 3.56. The second kappa shape index (κ2) is 6.55. The normalized spacial score (nSPS) is 21.6. The van der Waals surface area contributed by atoms with Crippen molar-refractivity contribution in [3.05, 3.63) is 24.0 Å². The molecule has 110 valence electrons. The molecule has 0 bridgehead atoms. The molecule has 2 saturated heterocycles. The quantitative estimate of drug-likeness (QED) is 0.910. The zero-order valence-electron chi connectivity index (χ0n) is 12.3. The summed E-state index contributed by atoms with van der Waals surface area (Å²) in [5.41, 5.74) is 8.08. The van der Waals surface area contributed by atoms with E-state index in [-0.39, 0.29) is 0 Å². The van der Waals surface area contributed by atoms with E-state index in [1.165, 1.54) is 51.0 Å². The number of aromatic nitrogens is 1. The Hall–Kier alpha value is -1.13. The van der Waals surface area contributed by atoms with Crippen LogP contribution in [0.1, 0.15) is 31.4 Å². The molecule has 4 heteroatoms. The minimum atomic E-state index is 0.532. The third-order valence-corrected chi connectivity index (χ3v) is 4.73. The molecule has 0 radical (unpaired) electrons. The first-order valence-corrected chi connectivity index (χ1v) is 7.98. The number of rotatable bonds is 4. The van der Waals surface area contributed by atoms with Gasteiger partial charge in [0, 0.05) is 32.4 Å². The van der Waals surface area contributed by atoms with Crippen LogP contribution in [-0.4, -0.2) is 42.6 Å². The molecule has 0 aliphatic carbocycles. The fourth-order valence-corrected chi connectivity index (χ4v) is 3.56. The monoisotopic (exact) mass is 274 g/mol. The van der Waals surface area contributed by atoms with Crippen molar-refractivity contribution in [3.8, 4) is 0 Å². The largest absolute Gasteiger partial charge is 0.370 e. The number of hydrogen-bond donors (Lipinski definition) is 1. The highest BCUT2D eigenvalue weighted by Gasteiger charge is 2.23. The van der Waals surface area contributed by atoms with E-state index in [1.807, 2.05) is 12.3 Å². The van der Waals surface area contributed by atoms with E-state index in [1.54, 1.807) is 0 Å². The molecule has 1 aromatic rings. The van der Waals surface area contributed by atoms with Crippen LogP contribution in [0.25, 0.3) is 0 Å². The molecule has 3 rings (SSSR count). The van der Waals surface area contributed by atoms with Crippen LogP contribution in [0.2, 0.25) is 0 Å². The molecule has 3 heterocycles. The molecule has 2 aliphatic rings. The smallest absolute Gasteiger partial charge is 0.0772 e. The first-order chi connectivity index (χ1) is 9.86. The van der Waals surface area contributed by atoms with Crippen LogP contribution in [0.4, 0.5) is 5.69 Å². The zero-order chi connectivity index (χ0) is 13.8. The Bertz CT molecular complexity index is 420. The molecule has 0 aromatic carbocycles. The summed E-state index contributed by atoms with van der Waals surface area (Å²) in [7, 11) is 0. The number of piperidine rings is 1. The number of anilines is 1. The second-order valence-electron chi connectivity index (χ2n) is 6.11. The summed E-state index contributed by atoms with van der Waals surface area (Å²) in [5, 5.41) is 0. The molecular formula is C16H26N4. The molecular weight excluding hydrogens is 248 g/mol. The molecule has 2 fully saturated rings. The van der Waals surface area contributed by atoms with Crippen molar-refractivity contribution in [1.82, 2.24) is 9.88 Å². The molecule has 20 heavy (non-hydrogen) atoms. The topological polar surface area (TPSA) is 45.4 Å². The van der Waals surface area contributed by atoms with Gasteiger partial charge >= 0.3 is 0 Å². The zero-order valence-corrected chi connectivity index (χ0v) is 12.3. The van der Waals surface area contributed by atoms with Crippen molar-refractivity contribution in [1.29, 1.82) is 0 Å². The minimum absolute atomic E-state index is 0.532. The standard InChI is InChI=1S/C16H26N4/c17-12-15-16(4-3-7-18-15)20-10-5-14(6-11-20)13-19-8-1-2-9-19/h3-4,7,14H,1-2,5-6,8-13,17H2. The maximum Gasteiger partial charge on any atom is 0.0772 e. The van der Waals surface area contributed by atoms with Gasteiger partial charge in [0.1, 0.15) is 0 Å². The van der Waals surface area contributed by atoms with E-state index in [4.69, 9.17) is 5.73 Å². The van der Waals surface area contributed by atoms with Gasteiger partial charge in [-0.15, -0.1) is 0 Å².